The van der Waals surface area contributed by atoms with E-state index in [2.05, 4.69) is 4.74 Å². The molecule has 0 unspecified atom stereocenters. The lowest BCUT2D eigenvalue weighted by atomic mass is 9.89. The minimum Gasteiger partial charge on any atom is -0.468 e. The summed E-state index contributed by atoms with van der Waals surface area (Å²) in [6, 6.07) is 0. The van der Waals surface area contributed by atoms with Crippen LogP contribution in [0.25, 0.3) is 0 Å². The fourth-order valence-electron chi connectivity index (χ4n) is 1.77. The number of hydrogen-bond donors (Lipinski definition) is 1. The number of rotatable bonds is 4. The summed E-state index contributed by atoms with van der Waals surface area (Å²) < 4.78 is 4.52. The number of β-amino-alcohol motifs (C(OH)–C–C–N with tert-alkyl or cyclic N) is 1. The van der Waals surface area contributed by atoms with Crippen molar-refractivity contribution >= 4 is 5.97 Å². The van der Waals surface area contributed by atoms with Gasteiger partial charge in [-0.15, -0.1) is 0 Å². The molecule has 0 amide bonds. The predicted molar refractivity (Wildman–Crippen MR) is 48.3 cm³/mol. The topological polar surface area (TPSA) is 49.8 Å². The maximum atomic E-state index is 10.8. The molecule has 4 nitrogen and oxygen atoms in total. The molecule has 1 aliphatic rings. The fraction of sp³-hybridized carbons (Fsp3) is 0.889. The second-order valence-corrected chi connectivity index (χ2v) is 3.70. The first kappa shape index (κ1) is 10.5. The van der Waals surface area contributed by atoms with Gasteiger partial charge in [-0.25, -0.2) is 0 Å². The van der Waals surface area contributed by atoms with Crippen LogP contribution in [0.1, 0.15) is 19.8 Å². The highest BCUT2D eigenvalue weighted by Gasteiger charge is 2.40. The summed E-state index contributed by atoms with van der Waals surface area (Å²) in [5.41, 5.74) is -0.553. The summed E-state index contributed by atoms with van der Waals surface area (Å²) in [6.45, 7) is 3.52. The van der Waals surface area contributed by atoms with Gasteiger partial charge >= 0.3 is 5.97 Å². The average Bonchev–Trinajstić information content (AvgIpc) is 2.02. The van der Waals surface area contributed by atoms with Crippen molar-refractivity contribution in [1.29, 1.82) is 0 Å². The Morgan fingerprint density at radius 3 is 2.69 bits per heavy atom. The Morgan fingerprint density at radius 2 is 2.23 bits per heavy atom. The average molecular weight is 187 g/mol. The van der Waals surface area contributed by atoms with Crippen molar-refractivity contribution in [2.75, 3.05) is 26.7 Å². The first-order valence-corrected chi connectivity index (χ1v) is 4.61. The minimum atomic E-state index is -0.553. The lowest BCUT2D eigenvalue weighted by Crippen LogP contribution is -2.62. The van der Waals surface area contributed by atoms with Gasteiger partial charge in [-0.05, 0) is 6.42 Å². The van der Waals surface area contributed by atoms with Crippen molar-refractivity contribution in [2.45, 2.75) is 25.4 Å². The van der Waals surface area contributed by atoms with Crippen molar-refractivity contribution in [2.24, 2.45) is 0 Å². The Hall–Kier alpha value is -0.610. The molecule has 13 heavy (non-hydrogen) atoms. The molecule has 1 heterocycles. The molecule has 1 saturated heterocycles. The van der Waals surface area contributed by atoms with Crippen LogP contribution >= 0.6 is 0 Å². The van der Waals surface area contributed by atoms with Crippen LogP contribution in [0.15, 0.2) is 0 Å². The van der Waals surface area contributed by atoms with E-state index in [1.807, 2.05) is 11.8 Å². The van der Waals surface area contributed by atoms with Crippen LogP contribution in [0.3, 0.4) is 0 Å². The van der Waals surface area contributed by atoms with Gasteiger partial charge in [0.1, 0.15) is 0 Å². The second kappa shape index (κ2) is 4.07. The van der Waals surface area contributed by atoms with E-state index in [1.165, 1.54) is 7.11 Å². The van der Waals surface area contributed by atoms with Gasteiger partial charge in [0, 0.05) is 13.1 Å². The van der Waals surface area contributed by atoms with E-state index in [0.29, 0.717) is 19.6 Å². The molecule has 0 aromatic heterocycles. The van der Waals surface area contributed by atoms with Crippen LogP contribution in [-0.2, 0) is 9.53 Å². The number of esters is 1. The van der Waals surface area contributed by atoms with Gasteiger partial charge in [-0.2, -0.15) is 0 Å². The quantitative estimate of drug-likeness (QED) is 0.630. The third-order valence-corrected chi connectivity index (χ3v) is 2.33. The zero-order valence-electron chi connectivity index (χ0n) is 8.25. The number of aliphatic hydroxyl groups is 1. The number of hydrogen-bond acceptors (Lipinski definition) is 4. The van der Waals surface area contributed by atoms with Gasteiger partial charge in [0.15, 0.2) is 0 Å². The number of nitrogens with zero attached hydrogens (tertiary/aromatic N) is 1. The Kier molecular flexibility index (Phi) is 3.27. The summed E-state index contributed by atoms with van der Waals surface area (Å²) in [5, 5.41) is 9.77. The van der Waals surface area contributed by atoms with Crippen molar-refractivity contribution in [3.8, 4) is 0 Å². The van der Waals surface area contributed by atoms with Crippen LogP contribution in [0.5, 0.6) is 0 Å². The lowest BCUT2D eigenvalue weighted by Gasteiger charge is -2.46. The molecule has 0 radical (unpaired) electrons. The predicted octanol–water partition coefficient (Wildman–Crippen LogP) is 0.00620. The maximum Gasteiger partial charge on any atom is 0.319 e. The van der Waals surface area contributed by atoms with Crippen LogP contribution in [0, 0.1) is 0 Å². The highest BCUT2D eigenvalue weighted by molar-refractivity contribution is 5.71. The summed E-state index contributed by atoms with van der Waals surface area (Å²) in [4.78, 5) is 12.7. The fourth-order valence-corrected chi connectivity index (χ4v) is 1.77. The molecule has 1 aliphatic heterocycles. The number of methoxy groups -OCH3 is 1. The first-order valence-electron chi connectivity index (χ1n) is 4.61. The molecular weight excluding hydrogens is 170 g/mol. The second-order valence-electron chi connectivity index (χ2n) is 3.70. The molecule has 0 bridgehead atoms. The van der Waals surface area contributed by atoms with Crippen molar-refractivity contribution < 1.29 is 14.6 Å². The lowest BCUT2D eigenvalue weighted by molar-refractivity contribution is -0.151. The number of ether oxygens (including phenoxy) is 1. The Balaban J connectivity index is 2.21. The highest BCUT2D eigenvalue weighted by Crippen LogP contribution is 2.25. The normalized spacial score (nSPS) is 20.8. The number of carbonyl (C=O) groups is 1. The van der Waals surface area contributed by atoms with E-state index < -0.39 is 5.60 Å². The van der Waals surface area contributed by atoms with Crippen molar-refractivity contribution in [3.63, 3.8) is 0 Å². The minimum absolute atomic E-state index is 0.237. The zero-order chi connectivity index (χ0) is 9.90. The largest absolute Gasteiger partial charge is 0.468 e. The van der Waals surface area contributed by atoms with Crippen molar-refractivity contribution in [3.05, 3.63) is 0 Å². The summed E-state index contributed by atoms with van der Waals surface area (Å²) in [5.74, 6) is -0.237. The third-order valence-electron chi connectivity index (χ3n) is 2.33. The monoisotopic (exact) mass is 187 g/mol. The maximum absolute atomic E-state index is 10.8. The van der Waals surface area contributed by atoms with Crippen LogP contribution in [-0.4, -0.2) is 48.3 Å². The zero-order valence-corrected chi connectivity index (χ0v) is 8.25. The Morgan fingerprint density at radius 1 is 1.62 bits per heavy atom. The van der Waals surface area contributed by atoms with Gasteiger partial charge < -0.3 is 9.84 Å². The molecule has 0 saturated carbocycles. The Labute approximate surface area is 78.5 Å². The van der Waals surface area contributed by atoms with Crippen molar-refractivity contribution in [1.82, 2.24) is 4.90 Å². The molecule has 0 atom stereocenters. The third kappa shape index (κ3) is 2.67. The molecule has 0 aromatic rings. The molecule has 0 spiro atoms. The van der Waals surface area contributed by atoms with Gasteiger partial charge in [-0.1, -0.05) is 13.3 Å². The number of likely N-dealkylation sites (tertiary alicyclic amines) is 1. The van der Waals surface area contributed by atoms with Crippen LogP contribution < -0.4 is 0 Å². The summed E-state index contributed by atoms with van der Waals surface area (Å²) in [6.07, 6.45) is 1.78. The van der Waals surface area contributed by atoms with Crippen LogP contribution in [0.2, 0.25) is 0 Å². The number of carbonyl (C=O) groups excluding carboxylic acids is 1. The highest BCUT2D eigenvalue weighted by atomic mass is 16.5. The van der Waals surface area contributed by atoms with E-state index in [1.54, 1.807) is 0 Å². The van der Waals surface area contributed by atoms with Gasteiger partial charge in [0.05, 0.1) is 19.3 Å². The molecule has 0 aliphatic carbocycles. The van der Waals surface area contributed by atoms with E-state index in [-0.39, 0.29) is 5.97 Å². The van der Waals surface area contributed by atoms with Crippen LogP contribution in [0.4, 0.5) is 0 Å². The van der Waals surface area contributed by atoms with E-state index >= 15 is 0 Å². The molecule has 0 aromatic carbocycles. The van der Waals surface area contributed by atoms with Gasteiger partial charge in [0.25, 0.3) is 0 Å². The summed E-state index contributed by atoms with van der Waals surface area (Å²) >= 11 is 0. The smallest absolute Gasteiger partial charge is 0.319 e. The molecule has 4 heteroatoms. The summed E-state index contributed by atoms with van der Waals surface area (Å²) in [7, 11) is 1.38. The molecule has 1 N–H and O–H groups in total. The van der Waals surface area contributed by atoms with E-state index in [0.717, 1.165) is 12.8 Å². The van der Waals surface area contributed by atoms with E-state index in [9.17, 15) is 9.90 Å². The standard InChI is InChI=1S/C9H17NO3/c1-3-4-9(12)6-10(7-9)5-8(11)13-2/h12H,3-7H2,1-2H3. The molecule has 76 valence electrons. The van der Waals surface area contributed by atoms with E-state index in [4.69, 9.17) is 0 Å². The molecule has 1 fully saturated rings. The Bertz CT molecular complexity index is 187. The molecular formula is C9H17NO3. The first-order chi connectivity index (χ1) is 6.09. The van der Waals surface area contributed by atoms with Gasteiger partial charge in [0.2, 0.25) is 0 Å². The van der Waals surface area contributed by atoms with Gasteiger partial charge in [-0.3, -0.25) is 9.69 Å². The molecule has 1 rings (SSSR count). The SMILES string of the molecule is CCCC1(O)CN(CC(=O)OC)C1.